The van der Waals surface area contributed by atoms with Gasteiger partial charge >= 0.3 is 0 Å². The van der Waals surface area contributed by atoms with Gasteiger partial charge in [0.1, 0.15) is 0 Å². The Morgan fingerprint density at radius 3 is 2.60 bits per heavy atom. The second kappa shape index (κ2) is 8.03. The summed E-state index contributed by atoms with van der Waals surface area (Å²) in [6, 6.07) is 16.1. The van der Waals surface area contributed by atoms with Gasteiger partial charge in [0.15, 0.2) is 11.5 Å². The maximum absolute atomic E-state index is 12.2. The summed E-state index contributed by atoms with van der Waals surface area (Å²) >= 11 is 0. The molecule has 0 aliphatic carbocycles. The Morgan fingerprint density at radius 1 is 1.08 bits per heavy atom. The molecule has 2 aromatic rings. The van der Waals surface area contributed by atoms with Crippen LogP contribution >= 0.6 is 0 Å². The quantitative estimate of drug-likeness (QED) is 0.813. The molecule has 1 amide bonds. The summed E-state index contributed by atoms with van der Waals surface area (Å²) in [5.41, 5.74) is 2.18. The normalized spacial score (nSPS) is 13.7. The lowest BCUT2D eigenvalue weighted by atomic mass is 9.96. The van der Waals surface area contributed by atoms with Crippen LogP contribution in [0.5, 0.6) is 11.5 Å². The zero-order chi connectivity index (χ0) is 17.6. The van der Waals surface area contributed by atoms with Crippen molar-refractivity contribution in [1.82, 2.24) is 10.6 Å². The molecule has 1 atom stereocenters. The van der Waals surface area contributed by atoms with E-state index < -0.39 is 0 Å². The van der Waals surface area contributed by atoms with Crippen LogP contribution in [-0.2, 0) is 11.3 Å². The second-order valence-electron chi connectivity index (χ2n) is 6.48. The third kappa shape index (κ3) is 4.51. The molecule has 3 rings (SSSR count). The van der Waals surface area contributed by atoms with Gasteiger partial charge in [-0.25, -0.2) is 0 Å². The van der Waals surface area contributed by atoms with E-state index in [1.165, 1.54) is 5.56 Å². The molecule has 0 unspecified atom stereocenters. The van der Waals surface area contributed by atoms with Crippen LogP contribution in [0.15, 0.2) is 48.5 Å². The van der Waals surface area contributed by atoms with Gasteiger partial charge in [-0.2, -0.15) is 0 Å². The van der Waals surface area contributed by atoms with Gasteiger partial charge in [-0.1, -0.05) is 50.2 Å². The van der Waals surface area contributed by atoms with Gasteiger partial charge in [0.2, 0.25) is 12.7 Å². The highest BCUT2D eigenvalue weighted by Crippen LogP contribution is 2.32. The first-order valence-electron chi connectivity index (χ1n) is 8.57. The molecule has 2 aromatic carbocycles. The number of fused-ring (bicyclic) bond motifs is 1. The number of benzene rings is 2. The van der Waals surface area contributed by atoms with E-state index in [9.17, 15) is 4.79 Å². The topological polar surface area (TPSA) is 59.6 Å². The maximum Gasteiger partial charge on any atom is 0.234 e. The van der Waals surface area contributed by atoms with E-state index in [4.69, 9.17) is 9.47 Å². The molecule has 0 aromatic heterocycles. The van der Waals surface area contributed by atoms with E-state index in [2.05, 4.69) is 36.6 Å². The Hall–Kier alpha value is -2.53. The van der Waals surface area contributed by atoms with Crippen molar-refractivity contribution in [2.24, 2.45) is 5.92 Å². The Morgan fingerprint density at radius 2 is 1.84 bits per heavy atom. The van der Waals surface area contributed by atoms with Gasteiger partial charge in [0, 0.05) is 12.6 Å². The van der Waals surface area contributed by atoms with E-state index in [1.54, 1.807) is 0 Å². The first-order valence-corrected chi connectivity index (χ1v) is 8.57. The van der Waals surface area contributed by atoms with E-state index in [-0.39, 0.29) is 25.3 Å². The summed E-state index contributed by atoms with van der Waals surface area (Å²) in [7, 11) is 0. The van der Waals surface area contributed by atoms with E-state index in [0.29, 0.717) is 12.5 Å². The fraction of sp³-hybridized carbons (Fsp3) is 0.350. The van der Waals surface area contributed by atoms with Crippen molar-refractivity contribution in [3.05, 3.63) is 59.7 Å². The van der Waals surface area contributed by atoms with Crippen molar-refractivity contribution in [3.63, 3.8) is 0 Å². The molecule has 132 valence electrons. The minimum atomic E-state index is -0.0285. The first-order chi connectivity index (χ1) is 12.1. The van der Waals surface area contributed by atoms with Crippen molar-refractivity contribution in [3.8, 4) is 11.5 Å². The van der Waals surface area contributed by atoms with Gasteiger partial charge in [-0.05, 0) is 29.2 Å². The third-order valence-electron chi connectivity index (χ3n) is 4.23. The van der Waals surface area contributed by atoms with Crippen LogP contribution in [0.1, 0.15) is 31.0 Å². The monoisotopic (exact) mass is 340 g/mol. The minimum Gasteiger partial charge on any atom is -0.454 e. The van der Waals surface area contributed by atoms with Gasteiger partial charge < -0.3 is 20.1 Å². The fourth-order valence-corrected chi connectivity index (χ4v) is 2.92. The smallest absolute Gasteiger partial charge is 0.234 e. The summed E-state index contributed by atoms with van der Waals surface area (Å²) in [6.45, 7) is 5.30. The molecular weight excluding hydrogens is 316 g/mol. The molecule has 0 radical (unpaired) electrons. The van der Waals surface area contributed by atoms with E-state index in [0.717, 1.165) is 17.1 Å². The second-order valence-corrected chi connectivity index (χ2v) is 6.48. The van der Waals surface area contributed by atoms with Crippen LogP contribution in [0, 0.1) is 5.92 Å². The number of hydrogen-bond donors (Lipinski definition) is 2. The molecule has 0 bridgehead atoms. The molecule has 0 spiro atoms. The van der Waals surface area contributed by atoms with Crippen LogP contribution in [0.25, 0.3) is 0 Å². The zero-order valence-corrected chi connectivity index (χ0v) is 14.6. The Labute approximate surface area is 148 Å². The highest BCUT2D eigenvalue weighted by Gasteiger charge is 2.17. The zero-order valence-electron chi connectivity index (χ0n) is 14.6. The average molecular weight is 340 g/mol. The van der Waals surface area contributed by atoms with E-state index in [1.807, 2.05) is 36.4 Å². The van der Waals surface area contributed by atoms with E-state index >= 15 is 0 Å². The molecule has 5 nitrogen and oxygen atoms in total. The van der Waals surface area contributed by atoms with Crippen LogP contribution < -0.4 is 20.1 Å². The lowest BCUT2D eigenvalue weighted by Gasteiger charge is -2.22. The minimum absolute atomic E-state index is 0.0285. The Bertz CT molecular complexity index is 716. The highest BCUT2D eigenvalue weighted by molar-refractivity contribution is 5.78. The fourth-order valence-electron chi connectivity index (χ4n) is 2.92. The molecule has 1 aliphatic rings. The largest absolute Gasteiger partial charge is 0.454 e. The van der Waals surface area contributed by atoms with Crippen molar-refractivity contribution in [1.29, 1.82) is 0 Å². The SMILES string of the molecule is CC(C)[C@H](NCC(=O)NCc1ccc2c(c1)OCO2)c1ccccc1. The molecule has 1 aliphatic heterocycles. The van der Waals surface area contributed by atoms with Crippen LogP contribution in [-0.4, -0.2) is 19.2 Å². The summed E-state index contributed by atoms with van der Waals surface area (Å²) < 4.78 is 10.6. The van der Waals surface area contributed by atoms with Gasteiger partial charge in [0.05, 0.1) is 6.54 Å². The molecule has 0 fully saturated rings. The van der Waals surface area contributed by atoms with Crippen LogP contribution in [0.2, 0.25) is 0 Å². The molecular formula is C20H24N2O3. The number of amides is 1. The van der Waals surface area contributed by atoms with Crippen molar-refractivity contribution in [2.45, 2.75) is 26.4 Å². The molecule has 5 heteroatoms. The molecule has 2 N–H and O–H groups in total. The standard InChI is InChI=1S/C20H24N2O3/c1-14(2)20(16-6-4-3-5-7-16)22-12-19(23)21-11-15-8-9-17-18(10-15)25-13-24-17/h3-10,14,20,22H,11-13H2,1-2H3,(H,21,23)/t20-/m0/s1. The lowest BCUT2D eigenvalue weighted by Crippen LogP contribution is -2.37. The first kappa shape index (κ1) is 17.3. The van der Waals surface area contributed by atoms with Crippen LogP contribution in [0.3, 0.4) is 0 Å². The van der Waals surface area contributed by atoms with Gasteiger partial charge in [-0.3, -0.25) is 4.79 Å². The van der Waals surface area contributed by atoms with Crippen LogP contribution in [0.4, 0.5) is 0 Å². The molecule has 0 saturated heterocycles. The number of carbonyl (C=O) groups excluding carboxylic acids is 1. The molecule has 25 heavy (non-hydrogen) atoms. The lowest BCUT2D eigenvalue weighted by molar-refractivity contribution is -0.120. The number of hydrogen-bond acceptors (Lipinski definition) is 4. The molecule has 1 heterocycles. The van der Waals surface area contributed by atoms with Crippen molar-refractivity contribution >= 4 is 5.91 Å². The summed E-state index contributed by atoms with van der Waals surface area (Å²) in [6.07, 6.45) is 0. The molecule has 0 saturated carbocycles. The number of ether oxygens (including phenoxy) is 2. The highest BCUT2D eigenvalue weighted by atomic mass is 16.7. The number of nitrogens with one attached hydrogen (secondary N) is 2. The van der Waals surface area contributed by atoms with Crippen molar-refractivity contribution in [2.75, 3.05) is 13.3 Å². The predicted octanol–water partition coefficient (Wildman–Crippen LogP) is 3.02. The number of carbonyl (C=O) groups is 1. The maximum atomic E-state index is 12.2. The Kier molecular flexibility index (Phi) is 5.56. The summed E-state index contributed by atoms with van der Waals surface area (Å²) in [5, 5.41) is 6.29. The van der Waals surface area contributed by atoms with Crippen molar-refractivity contribution < 1.29 is 14.3 Å². The Balaban J connectivity index is 1.50. The van der Waals surface area contributed by atoms with Gasteiger partial charge in [-0.15, -0.1) is 0 Å². The summed E-state index contributed by atoms with van der Waals surface area (Å²) in [5.74, 6) is 1.84. The average Bonchev–Trinajstić information content (AvgIpc) is 3.08. The predicted molar refractivity (Wildman–Crippen MR) is 96.4 cm³/mol. The third-order valence-corrected chi connectivity index (χ3v) is 4.23. The van der Waals surface area contributed by atoms with Gasteiger partial charge in [0.25, 0.3) is 0 Å². The summed E-state index contributed by atoms with van der Waals surface area (Å²) in [4.78, 5) is 12.2. The number of rotatable bonds is 7.